The monoisotopic (exact) mass is 437 g/mol. The van der Waals surface area contributed by atoms with Gasteiger partial charge in [-0.2, -0.15) is 0 Å². The number of allylic oxidation sites excluding steroid dienone is 3. The quantitative estimate of drug-likeness (QED) is 0.348. The van der Waals surface area contributed by atoms with E-state index in [1.807, 2.05) is 25.1 Å². The van der Waals surface area contributed by atoms with Gasteiger partial charge in [-0.1, -0.05) is 6.07 Å². The molecule has 1 fully saturated rings. The molecule has 1 aliphatic carbocycles. The highest BCUT2D eigenvalue weighted by Gasteiger charge is 2.25. The molecule has 0 amide bonds. The number of nitrogens with zero attached hydrogens (tertiary/aromatic N) is 5. The lowest BCUT2D eigenvalue weighted by Crippen LogP contribution is -2.27. The molecule has 2 atom stereocenters. The van der Waals surface area contributed by atoms with Crippen molar-refractivity contribution >= 4 is 24.3 Å². The Bertz CT molecular complexity index is 1060. The summed E-state index contributed by atoms with van der Waals surface area (Å²) in [7, 11) is 0. The lowest BCUT2D eigenvalue weighted by Gasteiger charge is -2.15. The Morgan fingerprint density at radius 1 is 1.31 bits per heavy atom. The number of aromatic nitrogens is 4. The van der Waals surface area contributed by atoms with Crippen LogP contribution in [-0.4, -0.2) is 51.1 Å². The number of rotatable bonds is 9. The van der Waals surface area contributed by atoms with Crippen LogP contribution in [-0.2, 0) is 4.74 Å². The summed E-state index contributed by atoms with van der Waals surface area (Å²) in [5, 5.41) is 14.5. The van der Waals surface area contributed by atoms with Crippen LogP contribution in [0.4, 0.5) is 5.95 Å². The number of hydrogen-bond donors (Lipinski definition) is 2. The molecule has 10 heteroatoms. The molecule has 0 aromatic carbocycles. The molecule has 0 unspecified atom stereocenters. The molecule has 2 N–H and O–H groups in total. The zero-order valence-corrected chi connectivity index (χ0v) is 18.2. The third kappa shape index (κ3) is 6.10. The summed E-state index contributed by atoms with van der Waals surface area (Å²) in [6.07, 6.45) is 9.39. The van der Waals surface area contributed by atoms with E-state index < -0.39 is 5.97 Å². The standard InChI is InChI=1S/C22H27N7O3/c1-4-32-21(31)18-14-24-22(28-27-18)26-17-10-9-16(13-17)25-19(23-3)11-8-15(2)29-12-6-5-7-20(29)30/h5-8,11-12,14,16-17,25H,3-4,9-10,13H2,1-2H3,(H,24,26,28)/b15-8+,19-11+/t16-,17-/m0/s1. The molecule has 1 aliphatic rings. The van der Waals surface area contributed by atoms with Crippen molar-refractivity contribution in [1.82, 2.24) is 25.1 Å². The summed E-state index contributed by atoms with van der Waals surface area (Å²) in [5.74, 6) is 0.464. The summed E-state index contributed by atoms with van der Waals surface area (Å²) >= 11 is 0. The maximum atomic E-state index is 11.9. The summed E-state index contributed by atoms with van der Waals surface area (Å²) in [6, 6.07) is 5.39. The fourth-order valence-corrected chi connectivity index (χ4v) is 3.42. The van der Waals surface area contributed by atoms with Gasteiger partial charge in [0, 0.05) is 30.0 Å². The number of ether oxygens (including phenoxy) is 1. The minimum absolute atomic E-state index is 0.0799. The number of nitrogens with one attached hydrogen (secondary N) is 2. The van der Waals surface area contributed by atoms with E-state index in [1.165, 1.54) is 12.3 Å². The molecule has 168 valence electrons. The molecule has 0 radical (unpaired) electrons. The van der Waals surface area contributed by atoms with Crippen LogP contribution < -0.4 is 16.2 Å². The van der Waals surface area contributed by atoms with Gasteiger partial charge in [-0.15, -0.1) is 10.2 Å². The van der Waals surface area contributed by atoms with Gasteiger partial charge in [0.15, 0.2) is 5.69 Å². The van der Waals surface area contributed by atoms with E-state index in [4.69, 9.17) is 4.74 Å². The van der Waals surface area contributed by atoms with Gasteiger partial charge >= 0.3 is 5.97 Å². The van der Waals surface area contributed by atoms with Crippen LogP contribution in [0.1, 0.15) is 43.6 Å². The SMILES string of the molecule is C=N/C(=C\C=C(/C)n1ccccc1=O)N[C@H]1CC[C@H](Nc2ncc(C(=O)OCC)nn2)C1. The topological polar surface area (TPSA) is 123 Å². The van der Waals surface area contributed by atoms with Gasteiger partial charge in [0.25, 0.3) is 5.56 Å². The summed E-state index contributed by atoms with van der Waals surface area (Å²) in [6.45, 7) is 7.49. The van der Waals surface area contributed by atoms with E-state index in [-0.39, 0.29) is 29.9 Å². The van der Waals surface area contributed by atoms with E-state index in [0.29, 0.717) is 11.8 Å². The molecule has 3 rings (SSSR count). The van der Waals surface area contributed by atoms with Gasteiger partial charge < -0.3 is 15.4 Å². The van der Waals surface area contributed by atoms with E-state index >= 15 is 0 Å². The number of carbonyl (C=O) groups excluding carboxylic acids is 1. The third-order valence-electron chi connectivity index (χ3n) is 5.02. The molecule has 0 spiro atoms. The number of aliphatic imine (C=N–C) groups is 1. The Labute approximate surface area is 186 Å². The van der Waals surface area contributed by atoms with Crippen LogP contribution in [0.25, 0.3) is 5.70 Å². The van der Waals surface area contributed by atoms with Crippen LogP contribution in [0, 0.1) is 0 Å². The Morgan fingerprint density at radius 2 is 2.12 bits per heavy atom. The zero-order valence-electron chi connectivity index (χ0n) is 18.2. The van der Waals surface area contributed by atoms with E-state index in [1.54, 1.807) is 23.8 Å². The molecule has 0 bridgehead atoms. The highest BCUT2D eigenvalue weighted by Crippen LogP contribution is 2.22. The van der Waals surface area contributed by atoms with Crippen LogP contribution in [0.15, 0.2) is 58.4 Å². The summed E-state index contributed by atoms with van der Waals surface area (Å²) in [4.78, 5) is 31.8. The summed E-state index contributed by atoms with van der Waals surface area (Å²) < 4.78 is 6.44. The first-order valence-corrected chi connectivity index (χ1v) is 10.4. The molecule has 10 nitrogen and oxygen atoms in total. The molecule has 0 saturated heterocycles. The molecular formula is C22H27N7O3. The number of esters is 1. The largest absolute Gasteiger partial charge is 0.461 e. The maximum Gasteiger partial charge on any atom is 0.360 e. The number of anilines is 1. The maximum absolute atomic E-state index is 11.9. The minimum atomic E-state index is -0.540. The minimum Gasteiger partial charge on any atom is -0.461 e. The van der Waals surface area contributed by atoms with Crippen molar-refractivity contribution in [2.45, 2.75) is 45.2 Å². The van der Waals surface area contributed by atoms with Crippen LogP contribution >= 0.6 is 0 Å². The predicted molar refractivity (Wildman–Crippen MR) is 122 cm³/mol. The normalized spacial score (nSPS) is 18.8. The molecular weight excluding hydrogens is 410 g/mol. The van der Waals surface area contributed by atoms with Crippen molar-refractivity contribution in [2.75, 3.05) is 11.9 Å². The second-order valence-corrected chi connectivity index (χ2v) is 7.31. The number of carbonyl (C=O) groups is 1. The summed E-state index contributed by atoms with van der Waals surface area (Å²) in [5.41, 5.74) is 0.768. The average Bonchev–Trinajstić information content (AvgIpc) is 3.24. The smallest absolute Gasteiger partial charge is 0.360 e. The molecule has 2 aromatic rings. The molecule has 1 saturated carbocycles. The Balaban J connectivity index is 1.55. The lowest BCUT2D eigenvalue weighted by molar-refractivity contribution is 0.0517. The molecule has 32 heavy (non-hydrogen) atoms. The van der Waals surface area contributed by atoms with Gasteiger partial charge in [-0.05, 0) is 58.0 Å². The number of pyridine rings is 1. The highest BCUT2D eigenvalue weighted by atomic mass is 16.5. The van der Waals surface area contributed by atoms with Crippen LogP contribution in [0.2, 0.25) is 0 Å². The van der Waals surface area contributed by atoms with Gasteiger partial charge in [0.05, 0.1) is 12.8 Å². The Kier molecular flexibility index (Phi) is 7.85. The Morgan fingerprint density at radius 3 is 2.81 bits per heavy atom. The molecule has 2 heterocycles. The van der Waals surface area contributed by atoms with Gasteiger partial charge in [0.1, 0.15) is 5.82 Å². The highest BCUT2D eigenvalue weighted by molar-refractivity contribution is 5.86. The van der Waals surface area contributed by atoms with Crippen molar-refractivity contribution < 1.29 is 9.53 Å². The average molecular weight is 438 g/mol. The van der Waals surface area contributed by atoms with Crippen LogP contribution in [0.3, 0.4) is 0 Å². The van der Waals surface area contributed by atoms with E-state index in [0.717, 1.165) is 25.0 Å². The van der Waals surface area contributed by atoms with Gasteiger partial charge in [-0.25, -0.2) is 14.8 Å². The first-order chi connectivity index (χ1) is 15.5. The second kappa shape index (κ2) is 11.0. The lowest BCUT2D eigenvalue weighted by atomic mass is 10.2. The second-order valence-electron chi connectivity index (χ2n) is 7.31. The fourth-order valence-electron chi connectivity index (χ4n) is 3.42. The van der Waals surface area contributed by atoms with Gasteiger partial charge in [0.2, 0.25) is 5.95 Å². The zero-order chi connectivity index (χ0) is 22.9. The predicted octanol–water partition coefficient (Wildman–Crippen LogP) is 2.24. The fraction of sp³-hybridized carbons (Fsp3) is 0.364. The van der Waals surface area contributed by atoms with Crippen molar-refractivity contribution in [1.29, 1.82) is 0 Å². The first kappa shape index (κ1) is 22.9. The first-order valence-electron chi connectivity index (χ1n) is 10.4. The van der Waals surface area contributed by atoms with Crippen molar-refractivity contribution in [3.8, 4) is 0 Å². The van der Waals surface area contributed by atoms with Gasteiger partial charge in [-0.3, -0.25) is 9.36 Å². The van der Waals surface area contributed by atoms with E-state index in [9.17, 15) is 9.59 Å². The number of hydrogen-bond acceptors (Lipinski definition) is 9. The molecule has 0 aliphatic heterocycles. The van der Waals surface area contributed by atoms with Crippen molar-refractivity contribution in [3.05, 3.63) is 64.6 Å². The molecule has 2 aromatic heterocycles. The van der Waals surface area contributed by atoms with E-state index in [2.05, 4.69) is 37.5 Å². The van der Waals surface area contributed by atoms with Crippen LogP contribution in [0.5, 0.6) is 0 Å². The van der Waals surface area contributed by atoms with Crippen molar-refractivity contribution in [3.63, 3.8) is 0 Å². The third-order valence-corrected chi connectivity index (χ3v) is 5.02. The van der Waals surface area contributed by atoms with Crippen molar-refractivity contribution in [2.24, 2.45) is 4.99 Å². The Hall–Kier alpha value is -3.82.